The lowest BCUT2D eigenvalue weighted by Gasteiger charge is -2.24. The molecule has 0 saturated carbocycles. The molecule has 0 N–H and O–H groups in total. The maximum atomic E-state index is 14.3. The Morgan fingerprint density at radius 3 is 2.33 bits per heavy atom. The maximum Gasteiger partial charge on any atom is 0.259 e. The van der Waals surface area contributed by atoms with E-state index in [0.717, 1.165) is 28.6 Å². The van der Waals surface area contributed by atoms with E-state index < -0.39 is 23.1 Å². The van der Waals surface area contributed by atoms with Gasteiger partial charge in [0.15, 0.2) is 11.5 Å². The van der Waals surface area contributed by atoms with Crippen molar-refractivity contribution in [1.82, 2.24) is 24.5 Å². The molecule has 0 atom stereocenters. The molecule has 3 heterocycles. The number of nitrogens with zero attached hydrogens (tertiary/aromatic N) is 6. The van der Waals surface area contributed by atoms with Gasteiger partial charge < -0.3 is 9.80 Å². The summed E-state index contributed by atoms with van der Waals surface area (Å²) in [6.07, 6.45) is 0.612. The zero-order valence-electron chi connectivity index (χ0n) is 19.3. The lowest BCUT2D eigenvalue weighted by molar-refractivity contribution is 0.0757. The third kappa shape index (κ3) is 3.73. The van der Waals surface area contributed by atoms with Crippen molar-refractivity contribution in [3.05, 3.63) is 90.0 Å². The summed E-state index contributed by atoms with van der Waals surface area (Å²) in [4.78, 5) is 21.6. The summed E-state index contributed by atoms with van der Waals surface area (Å²) in [6, 6.07) is 21.0. The number of carbonyl (C=O) groups excluding carboxylic acids is 1. The predicted octanol–water partition coefficient (Wildman–Crippen LogP) is 4.58. The van der Waals surface area contributed by atoms with Gasteiger partial charge in [-0.2, -0.15) is 0 Å². The molecule has 9 heteroatoms. The van der Waals surface area contributed by atoms with Gasteiger partial charge in [0.25, 0.3) is 5.91 Å². The highest BCUT2D eigenvalue weighted by Gasteiger charge is 2.27. The molecular weight excluding hydrogens is 462 g/mol. The number of rotatable bonds is 3. The second-order valence-electron chi connectivity index (χ2n) is 8.71. The number of amides is 1. The highest BCUT2D eigenvalue weighted by Crippen LogP contribution is 2.29. The monoisotopic (exact) mass is 484 g/mol. The van der Waals surface area contributed by atoms with Gasteiger partial charge >= 0.3 is 0 Å². The van der Waals surface area contributed by atoms with E-state index in [1.165, 1.54) is 11.0 Å². The first-order valence-corrected chi connectivity index (χ1v) is 11.8. The van der Waals surface area contributed by atoms with Crippen LogP contribution in [-0.2, 0) is 0 Å². The normalized spacial score (nSPS) is 14.4. The first-order chi connectivity index (χ1) is 17.6. The molecule has 180 valence electrons. The molecule has 0 radical (unpaired) electrons. The second kappa shape index (κ2) is 8.99. The van der Waals surface area contributed by atoms with Gasteiger partial charge in [-0.3, -0.25) is 4.79 Å². The first-order valence-electron chi connectivity index (χ1n) is 11.8. The Morgan fingerprint density at radius 1 is 0.778 bits per heavy atom. The number of hydrogen-bond acceptors (Lipinski definition) is 5. The Balaban J connectivity index is 1.40. The van der Waals surface area contributed by atoms with E-state index in [1.807, 2.05) is 59.0 Å². The van der Waals surface area contributed by atoms with E-state index in [2.05, 4.69) is 15.1 Å². The fraction of sp³-hybridized carbons (Fsp3) is 0.185. The van der Waals surface area contributed by atoms with Crippen LogP contribution in [0, 0.1) is 11.6 Å². The van der Waals surface area contributed by atoms with Crippen LogP contribution in [0.5, 0.6) is 0 Å². The summed E-state index contributed by atoms with van der Waals surface area (Å²) in [5, 5.41) is 9.88. The number of hydrogen-bond donors (Lipinski definition) is 0. The summed E-state index contributed by atoms with van der Waals surface area (Å²) < 4.78 is 30.5. The van der Waals surface area contributed by atoms with Crippen LogP contribution in [0.4, 0.5) is 14.7 Å². The molecular formula is C27H22F2N6O. The molecule has 2 aromatic heterocycles. The summed E-state index contributed by atoms with van der Waals surface area (Å²) in [5.41, 5.74) is 1.88. The van der Waals surface area contributed by atoms with Crippen molar-refractivity contribution in [3.63, 3.8) is 0 Å². The first kappa shape index (κ1) is 22.1. The maximum absolute atomic E-state index is 14.3. The molecule has 36 heavy (non-hydrogen) atoms. The van der Waals surface area contributed by atoms with Gasteiger partial charge in [-0.1, -0.05) is 48.5 Å². The average Bonchev–Trinajstić information content (AvgIpc) is 3.20. The Morgan fingerprint density at radius 2 is 1.53 bits per heavy atom. The van der Waals surface area contributed by atoms with Crippen LogP contribution in [0.15, 0.2) is 72.8 Å². The van der Waals surface area contributed by atoms with E-state index in [0.29, 0.717) is 50.0 Å². The molecule has 5 aromatic rings. The molecule has 0 bridgehead atoms. The van der Waals surface area contributed by atoms with Crippen LogP contribution in [0.25, 0.3) is 27.9 Å². The van der Waals surface area contributed by atoms with Gasteiger partial charge in [0, 0.05) is 37.1 Å². The number of carbonyl (C=O) groups is 1. The fourth-order valence-electron chi connectivity index (χ4n) is 4.73. The summed E-state index contributed by atoms with van der Waals surface area (Å²) in [5.74, 6) is -1.01. The molecule has 0 unspecified atom stereocenters. The number of para-hydroxylation sites is 1. The fourth-order valence-corrected chi connectivity index (χ4v) is 4.73. The lowest BCUT2D eigenvalue weighted by atomic mass is 10.1. The van der Waals surface area contributed by atoms with E-state index in [4.69, 9.17) is 4.98 Å². The number of anilines is 1. The predicted molar refractivity (Wildman–Crippen MR) is 133 cm³/mol. The van der Waals surface area contributed by atoms with Crippen molar-refractivity contribution in [2.45, 2.75) is 6.42 Å². The van der Waals surface area contributed by atoms with Crippen LogP contribution in [0.1, 0.15) is 16.8 Å². The average molecular weight is 485 g/mol. The minimum atomic E-state index is -0.851. The summed E-state index contributed by atoms with van der Waals surface area (Å²) >= 11 is 0. The van der Waals surface area contributed by atoms with Gasteiger partial charge in [-0.15, -0.1) is 10.2 Å². The van der Waals surface area contributed by atoms with E-state index in [1.54, 1.807) is 0 Å². The van der Waals surface area contributed by atoms with Crippen molar-refractivity contribution in [2.24, 2.45) is 0 Å². The van der Waals surface area contributed by atoms with E-state index in [9.17, 15) is 13.6 Å². The van der Waals surface area contributed by atoms with Gasteiger partial charge in [-0.25, -0.2) is 18.2 Å². The molecule has 7 nitrogen and oxygen atoms in total. The van der Waals surface area contributed by atoms with Gasteiger partial charge in [0.05, 0.1) is 5.52 Å². The molecule has 0 spiro atoms. The highest BCUT2D eigenvalue weighted by molar-refractivity contribution is 5.95. The molecule has 6 rings (SSSR count). The Labute approximate surface area is 205 Å². The minimum Gasteiger partial charge on any atom is -0.340 e. The number of halogens is 2. The molecule has 1 amide bonds. The molecule has 1 saturated heterocycles. The quantitative estimate of drug-likeness (QED) is 0.375. The molecule has 1 aliphatic heterocycles. The van der Waals surface area contributed by atoms with Crippen molar-refractivity contribution in [1.29, 1.82) is 0 Å². The van der Waals surface area contributed by atoms with Gasteiger partial charge in [0.2, 0.25) is 5.95 Å². The third-order valence-electron chi connectivity index (χ3n) is 6.50. The second-order valence-corrected chi connectivity index (χ2v) is 8.71. The Kier molecular flexibility index (Phi) is 5.52. The van der Waals surface area contributed by atoms with Gasteiger partial charge in [-0.05, 0) is 30.7 Å². The summed E-state index contributed by atoms with van der Waals surface area (Å²) in [6.45, 7) is 1.73. The highest BCUT2D eigenvalue weighted by atomic mass is 19.1. The van der Waals surface area contributed by atoms with Crippen LogP contribution in [0.2, 0.25) is 0 Å². The topological polar surface area (TPSA) is 66.6 Å². The van der Waals surface area contributed by atoms with Crippen molar-refractivity contribution in [2.75, 3.05) is 31.1 Å². The zero-order chi connectivity index (χ0) is 24.6. The standard InChI is InChI=1S/C27H22F2N6O/c28-20-11-6-12-21(29)23(20)26(36)33-14-7-15-34(17-16-33)27-30-22-13-5-4-10-19(22)25-32-31-24(35(25)27)18-8-2-1-3-9-18/h1-6,8-13H,7,14-17H2. The van der Waals surface area contributed by atoms with Crippen LogP contribution in [0.3, 0.4) is 0 Å². The zero-order valence-corrected chi connectivity index (χ0v) is 19.3. The smallest absolute Gasteiger partial charge is 0.259 e. The van der Waals surface area contributed by atoms with Gasteiger partial charge in [0.1, 0.15) is 17.2 Å². The van der Waals surface area contributed by atoms with Crippen molar-refractivity contribution < 1.29 is 13.6 Å². The SMILES string of the molecule is O=C(c1c(F)cccc1F)N1CCCN(c2nc3ccccc3c3nnc(-c4ccccc4)n23)CC1. The molecule has 0 aliphatic carbocycles. The summed E-state index contributed by atoms with van der Waals surface area (Å²) in [7, 11) is 0. The third-order valence-corrected chi connectivity index (χ3v) is 6.50. The van der Waals surface area contributed by atoms with Crippen LogP contribution in [-0.4, -0.2) is 56.6 Å². The number of fused-ring (bicyclic) bond motifs is 3. The number of aromatic nitrogens is 4. The number of benzene rings is 3. The molecule has 3 aromatic carbocycles. The molecule has 1 fully saturated rings. The van der Waals surface area contributed by atoms with Crippen LogP contribution < -0.4 is 4.90 Å². The lowest BCUT2D eigenvalue weighted by Crippen LogP contribution is -2.36. The largest absolute Gasteiger partial charge is 0.340 e. The van der Waals surface area contributed by atoms with Crippen molar-refractivity contribution in [3.8, 4) is 11.4 Å². The van der Waals surface area contributed by atoms with Crippen LogP contribution >= 0.6 is 0 Å². The Hall–Kier alpha value is -4.40. The minimum absolute atomic E-state index is 0.297. The van der Waals surface area contributed by atoms with E-state index in [-0.39, 0.29) is 0 Å². The van der Waals surface area contributed by atoms with Crippen molar-refractivity contribution >= 4 is 28.4 Å². The molecule has 1 aliphatic rings. The van der Waals surface area contributed by atoms with E-state index >= 15 is 0 Å². The Bertz CT molecular complexity index is 1570.